The van der Waals surface area contributed by atoms with Crippen LogP contribution in [0.1, 0.15) is 28.9 Å². The Labute approximate surface area is 161 Å². The number of amides is 2. The van der Waals surface area contributed by atoms with E-state index in [2.05, 4.69) is 15.3 Å². The van der Waals surface area contributed by atoms with Gasteiger partial charge in [0.2, 0.25) is 11.8 Å². The second-order valence-electron chi connectivity index (χ2n) is 5.82. The van der Waals surface area contributed by atoms with Crippen LogP contribution in [0.25, 0.3) is 0 Å². The number of hydrogen-bond acceptors (Lipinski definition) is 5. The highest BCUT2D eigenvalue weighted by Crippen LogP contribution is 2.18. The smallest absolute Gasteiger partial charge is 0.227 e. The van der Waals surface area contributed by atoms with Crippen molar-refractivity contribution in [2.45, 2.75) is 38.4 Å². The maximum atomic E-state index is 12.1. The number of rotatable bonds is 8. The molecule has 8 heteroatoms. The number of halogens is 1. The molecule has 2 amide bonds. The highest BCUT2D eigenvalue weighted by Gasteiger charge is 2.12. The molecule has 1 aromatic carbocycles. The Balaban J connectivity index is 1.89. The lowest BCUT2D eigenvalue weighted by molar-refractivity contribution is -0.121. The fourth-order valence-corrected chi connectivity index (χ4v) is 3.33. The van der Waals surface area contributed by atoms with Crippen LogP contribution in [-0.2, 0) is 22.6 Å². The Morgan fingerprint density at radius 2 is 1.92 bits per heavy atom. The highest BCUT2D eigenvalue weighted by molar-refractivity contribution is 7.99. The Morgan fingerprint density at radius 3 is 2.54 bits per heavy atom. The number of aryl methyl sites for hydroxylation is 2. The molecule has 0 bridgehead atoms. The quantitative estimate of drug-likeness (QED) is 0.531. The summed E-state index contributed by atoms with van der Waals surface area (Å²) in [7, 11) is 0. The van der Waals surface area contributed by atoms with Crippen molar-refractivity contribution in [3.05, 3.63) is 51.8 Å². The topological polar surface area (TPSA) is 98.0 Å². The zero-order chi connectivity index (χ0) is 19.1. The first-order valence-electron chi connectivity index (χ1n) is 8.11. The first kappa shape index (κ1) is 20.2. The van der Waals surface area contributed by atoms with Crippen LogP contribution >= 0.6 is 23.4 Å². The average molecular weight is 393 g/mol. The zero-order valence-electron chi connectivity index (χ0n) is 14.7. The highest BCUT2D eigenvalue weighted by atomic mass is 35.5. The summed E-state index contributed by atoms with van der Waals surface area (Å²) in [6.45, 7) is 4.20. The second-order valence-corrected chi connectivity index (χ2v) is 7.20. The van der Waals surface area contributed by atoms with Crippen LogP contribution in [-0.4, -0.2) is 27.5 Å². The lowest BCUT2D eigenvalue weighted by Crippen LogP contribution is -2.23. The maximum Gasteiger partial charge on any atom is 0.227 e. The maximum absolute atomic E-state index is 12.1. The molecule has 6 nitrogen and oxygen atoms in total. The summed E-state index contributed by atoms with van der Waals surface area (Å²) < 4.78 is 0. The molecule has 0 fully saturated rings. The number of benzene rings is 1. The third-order valence-corrected chi connectivity index (χ3v) is 4.83. The summed E-state index contributed by atoms with van der Waals surface area (Å²) in [5.74, 6) is -0.310. The molecule has 0 saturated heterocycles. The third kappa shape index (κ3) is 6.31. The first-order chi connectivity index (χ1) is 12.3. The average Bonchev–Trinajstić information content (AvgIpc) is 2.57. The molecular formula is C18H21ClN4O2S. The van der Waals surface area contributed by atoms with Crippen LogP contribution in [0.2, 0.25) is 5.02 Å². The molecule has 0 aliphatic heterocycles. The molecule has 26 heavy (non-hydrogen) atoms. The lowest BCUT2D eigenvalue weighted by Gasteiger charge is -2.11. The second kappa shape index (κ2) is 9.54. The molecule has 0 aliphatic carbocycles. The van der Waals surface area contributed by atoms with Crippen LogP contribution in [0.15, 0.2) is 29.4 Å². The summed E-state index contributed by atoms with van der Waals surface area (Å²) in [6, 6.07) is 7.39. The number of nitrogens with zero attached hydrogens (tertiary/aromatic N) is 2. The van der Waals surface area contributed by atoms with E-state index < -0.39 is 5.91 Å². The standard InChI is InChI=1S/C18H21ClN4O2S/c1-11-15(12(2)23-18(22-11)26-10-16(20)24)6-7-17(25)21-9-13-4-3-5-14(19)8-13/h3-5,8H,6-7,9-10H2,1-2H3,(H2,20,24)(H,21,25). The van der Waals surface area contributed by atoms with E-state index in [1.54, 1.807) is 6.07 Å². The fourth-order valence-electron chi connectivity index (χ4n) is 2.45. The van der Waals surface area contributed by atoms with E-state index in [-0.39, 0.29) is 11.7 Å². The Morgan fingerprint density at radius 1 is 1.23 bits per heavy atom. The summed E-state index contributed by atoms with van der Waals surface area (Å²) in [6.07, 6.45) is 0.902. The lowest BCUT2D eigenvalue weighted by atomic mass is 10.1. The van der Waals surface area contributed by atoms with Gasteiger partial charge < -0.3 is 11.1 Å². The number of carbonyl (C=O) groups excluding carboxylic acids is 2. The zero-order valence-corrected chi connectivity index (χ0v) is 16.3. The van der Waals surface area contributed by atoms with Gasteiger partial charge in [0.1, 0.15) is 0 Å². The van der Waals surface area contributed by atoms with Crippen LogP contribution < -0.4 is 11.1 Å². The van der Waals surface area contributed by atoms with E-state index >= 15 is 0 Å². The summed E-state index contributed by atoms with van der Waals surface area (Å²) in [5.41, 5.74) is 8.67. The SMILES string of the molecule is Cc1nc(SCC(N)=O)nc(C)c1CCC(=O)NCc1cccc(Cl)c1. The molecule has 1 heterocycles. The van der Waals surface area contributed by atoms with Gasteiger partial charge in [-0.3, -0.25) is 9.59 Å². The predicted octanol–water partition coefficient (Wildman–Crippen LogP) is 2.57. The molecule has 0 saturated carbocycles. The van der Waals surface area contributed by atoms with Gasteiger partial charge in [-0.05, 0) is 43.5 Å². The minimum atomic E-state index is -0.408. The van der Waals surface area contributed by atoms with Gasteiger partial charge >= 0.3 is 0 Å². The first-order valence-corrected chi connectivity index (χ1v) is 9.48. The molecule has 2 aromatic rings. The van der Waals surface area contributed by atoms with Crippen molar-refractivity contribution in [2.75, 3.05) is 5.75 Å². The van der Waals surface area contributed by atoms with Crippen LogP contribution in [0, 0.1) is 13.8 Å². The van der Waals surface area contributed by atoms with E-state index in [9.17, 15) is 9.59 Å². The molecule has 2 rings (SSSR count). The van der Waals surface area contributed by atoms with E-state index in [1.165, 1.54) is 11.8 Å². The molecular weight excluding hydrogens is 372 g/mol. The van der Waals surface area contributed by atoms with E-state index in [1.807, 2.05) is 32.0 Å². The molecule has 138 valence electrons. The fraction of sp³-hybridized carbons (Fsp3) is 0.333. The third-order valence-electron chi connectivity index (χ3n) is 3.72. The number of hydrogen-bond donors (Lipinski definition) is 2. The summed E-state index contributed by atoms with van der Waals surface area (Å²) >= 11 is 7.14. The van der Waals surface area contributed by atoms with Gasteiger partial charge in [-0.25, -0.2) is 9.97 Å². The molecule has 1 aromatic heterocycles. The number of carbonyl (C=O) groups is 2. The Hall–Kier alpha value is -2.12. The van der Waals surface area contributed by atoms with E-state index in [0.717, 1.165) is 22.5 Å². The molecule has 0 atom stereocenters. The number of thioether (sulfide) groups is 1. The Kier molecular flexibility index (Phi) is 7.41. The van der Waals surface area contributed by atoms with Gasteiger partial charge in [-0.1, -0.05) is 35.5 Å². The van der Waals surface area contributed by atoms with Crippen molar-refractivity contribution in [3.8, 4) is 0 Å². The Bertz CT molecular complexity index is 791. The molecule has 0 unspecified atom stereocenters. The van der Waals surface area contributed by atoms with Crippen molar-refractivity contribution in [1.82, 2.24) is 15.3 Å². The molecule has 0 aliphatic rings. The van der Waals surface area contributed by atoms with Gasteiger partial charge in [0.15, 0.2) is 5.16 Å². The number of primary amides is 1. The predicted molar refractivity (Wildman–Crippen MR) is 103 cm³/mol. The van der Waals surface area contributed by atoms with Crippen molar-refractivity contribution in [1.29, 1.82) is 0 Å². The van der Waals surface area contributed by atoms with Crippen LogP contribution in [0.5, 0.6) is 0 Å². The van der Waals surface area contributed by atoms with Gasteiger partial charge in [0, 0.05) is 29.4 Å². The summed E-state index contributed by atoms with van der Waals surface area (Å²) in [4.78, 5) is 31.7. The number of nitrogens with two attached hydrogens (primary N) is 1. The van der Waals surface area contributed by atoms with E-state index in [4.69, 9.17) is 17.3 Å². The number of aromatic nitrogens is 2. The minimum Gasteiger partial charge on any atom is -0.369 e. The number of nitrogens with one attached hydrogen (secondary N) is 1. The normalized spacial score (nSPS) is 10.6. The minimum absolute atomic E-state index is 0.0454. The molecule has 0 spiro atoms. The van der Waals surface area contributed by atoms with Crippen LogP contribution in [0.4, 0.5) is 0 Å². The van der Waals surface area contributed by atoms with Gasteiger partial charge in [-0.15, -0.1) is 0 Å². The van der Waals surface area contributed by atoms with Crippen molar-refractivity contribution in [3.63, 3.8) is 0 Å². The van der Waals surface area contributed by atoms with Crippen LogP contribution in [0.3, 0.4) is 0 Å². The molecule has 0 radical (unpaired) electrons. The molecule has 3 N–H and O–H groups in total. The largest absolute Gasteiger partial charge is 0.369 e. The van der Waals surface area contributed by atoms with Gasteiger partial charge in [0.25, 0.3) is 0 Å². The summed E-state index contributed by atoms with van der Waals surface area (Å²) in [5, 5.41) is 4.05. The van der Waals surface area contributed by atoms with Gasteiger partial charge in [-0.2, -0.15) is 0 Å². The van der Waals surface area contributed by atoms with Crippen molar-refractivity contribution < 1.29 is 9.59 Å². The monoisotopic (exact) mass is 392 g/mol. The van der Waals surface area contributed by atoms with Crippen molar-refractivity contribution >= 4 is 35.2 Å². The van der Waals surface area contributed by atoms with E-state index in [0.29, 0.717) is 29.6 Å². The van der Waals surface area contributed by atoms with Crippen molar-refractivity contribution in [2.24, 2.45) is 5.73 Å². The van der Waals surface area contributed by atoms with Gasteiger partial charge in [0.05, 0.1) is 5.75 Å².